The van der Waals surface area contributed by atoms with Crippen LogP contribution < -0.4 is 0 Å². The Kier molecular flexibility index (Phi) is 5.65. The molecule has 4 nitrogen and oxygen atoms in total. The van der Waals surface area contributed by atoms with Crippen molar-refractivity contribution >= 4 is 33.9 Å². The second-order valence-electron chi connectivity index (χ2n) is 11.6. The molecule has 2 saturated heterocycles. The SMILES string of the molecule is Cc1ccc(C2=C(c3ccc(C)cc3)C3(c4ccc(C)cc4)C4C(=O)OC(=O)C4C2(c2ccc(C)cc2)S3=O)cc1. The Balaban J connectivity index is 1.71. The molecule has 5 heteroatoms. The quantitative estimate of drug-likeness (QED) is 0.206. The van der Waals surface area contributed by atoms with Crippen LogP contribution in [0.15, 0.2) is 97.1 Å². The zero-order chi connectivity index (χ0) is 28.7. The predicted octanol–water partition coefficient (Wildman–Crippen LogP) is 6.71. The van der Waals surface area contributed by atoms with Crippen LogP contribution in [0.1, 0.15) is 44.5 Å². The average molecular weight is 559 g/mol. The Labute approximate surface area is 242 Å². The first-order valence-corrected chi connectivity index (χ1v) is 15.1. The minimum Gasteiger partial charge on any atom is -0.393 e. The third kappa shape index (κ3) is 3.30. The Hall–Kier alpha value is -4.09. The van der Waals surface area contributed by atoms with E-state index < -0.39 is 44.1 Å². The van der Waals surface area contributed by atoms with Crippen LogP contribution in [0.4, 0.5) is 0 Å². The molecule has 41 heavy (non-hydrogen) atoms. The molecule has 0 saturated carbocycles. The number of carbonyl (C=O) groups excluding carboxylic acids is 2. The highest BCUT2D eigenvalue weighted by Crippen LogP contribution is 2.76. The summed E-state index contributed by atoms with van der Waals surface area (Å²) in [4.78, 5) is 27.6. The number of rotatable bonds is 4. The first-order chi connectivity index (χ1) is 19.7. The second kappa shape index (κ2) is 8.95. The van der Waals surface area contributed by atoms with Crippen LogP contribution in [-0.2, 0) is 34.6 Å². The van der Waals surface area contributed by atoms with Crippen molar-refractivity contribution in [1.82, 2.24) is 0 Å². The van der Waals surface area contributed by atoms with Gasteiger partial charge in [0, 0.05) is 0 Å². The second-order valence-corrected chi connectivity index (χ2v) is 13.5. The lowest BCUT2D eigenvalue weighted by Crippen LogP contribution is -2.41. The zero-order valence-electron chi connectivity index (χ0n) is 23.4. The van der Waals surface area contributed by atoms with Gasteiger partial charge in [-0.2, -0.15) is 0 Å². The van der Waals surface area contributed by atoms with Crippen LogP contribution >= 0.6 is 0 Å². The van der Waals surface area contributed by atoms with Crippen molar-refractivity contribution < 1.29 is 18.5 Å². The number of cyclic esters (lactones) is 2. The Morgan fingerprint density at radius 2 is 0.805 bits per heavy atom. The number of benzene rings is 4. The first kappa shape index (κ1) is 25.8. The van der Waals surface area contributed by atoms with E-state index in [2.05, 4.69) is 0 Å². The van der Waals surface area contributed by atoms with Crippen molar-refractivity contribution in [3.63, 3.8) is 0 Å². The Bertz CT molecular complexity index is 1650. The van der Waals surface area contributed by atoms with Gasteiger partial charge in [-0.1, -0.05) is 119 Å². The van der Waals surface area contributed by atoms with Crippen molar-refractivity contribution in [3.05, 3.63) is 142 Å². The molecule has 4 aromatic carbocycles. The molecule has 0 radical (unpaired) electrons. The summed E-state index contributed by atoms with van der Waals surface area (Å²) < 4.78 is 18.6. The fraction of sp³-hybridized carbons (Fsp3) is 0.222. The lowest BCUT2D eigenvalue weighted by atomic mass is 9.59. The highest BCUT2D eigenvalue weighted by molar-refractivity contribution is 7.89. The molecule has 7 rings (SSSR count). The van der Waals surface area contributed by atoms with Gasteiger partial charge >= 0.3 is 11.9 Å². The molecule has 3 heterocycles. The number of ether oxygens (including phenoxy) is 1. The lowest BCUT2D eigenvalue weighted by molar-refractivity contribution is -0.154. The van der Waals surface area contributed by atoms with Crippen molar-refractivity contribution in [1.29, 1.82) is 0 Å². The van der Waals surface area contributed by atoms with E-state index >= 15 is 4.21 Å². The van der Waals surface area contributed by atoms with Gasteiger partial charge in [0.15, 0.2) is 0 Å². The van der Waals surface area contributed by atoms with E-state index in [-0.39, 0.29) is 0 Å². The van der Waals surface area contributed by atoms with E-state index in [0.29, 0.717) is 0 Å². The molecule has 3 aliphatic heterocycles. The molecule has 204 valence electrons. The molecule has 0 spiro atoms. The van der Waals surface area contributed by atoms with Gasteiger partial charge in [-0.25, -0.2) is 0 Å². The molecule has 2 bridgehead atoms. The monoisotopic (exact) mass is 558 g/mol. The number of carbonyl (C=O) groups is 2. The van der Waals surface area contributed by atoms with E-state index in [0.717, 1.165) is 55.7 Å². The van der Waals surface area contributed by atoms with E-state index in [1.807, 2.05) is 125 Å². The minimum absolute atomic E-state index is 0.601. The van der Waals surface area contributed by atoms with E-state index in [1.165, 1.54) is 0 Å². The Morgan fingerprint density at radius 1 is 0.512 bits per heavy atom. The molecule has 3 aliphatic rings. The van der Waals surface area contributed by atoms with Crippen molar-refractivity contribution in [2.75, 3.05) is 0 Å². The van der Waals surface area contributed by atoms with Crippen LogP contribution in [0.25, 0.3) is 11.1 Å². The van der Waals surface area contributed by atoms with Crippen LogP contribution in [0.2, 0.25) is 0 Å². The molecule has 4 unspecified atom stereocenters. The highest BCUT2D eigenvalue weighted by atomic mass is 32.2. The smallest absolute Gasteiger partial charge is 0.319 e. The minimum atomic E-state index is -1.75. The fourth-order valence-electron chi connectivity index (χ4n) is 7.27. The highest BCUT2D eigenvalue weighted by Gasteiger charge is 2.82. The largest absolute Gasteiger partial charge is 0.393 e. The topological polar surface area (TPSA) is 60.4 Å². The van der Waals surface area contributed by atoms with E-state index in [9.17, 15) is 9.59 Å². The van der Waals surface area contributed by atoms with Crippen LogP contribution in [0, 0.1) is 39.5 Å². The van der Waals surface area contributed by atoms with Crippen LogP contribution in [-0.4, -0.2) is 16.1 Å². The fourth-order valence-corrected chi connectivity index (χ4v) is 10.2. The average Bonchev–Trinajstić information content (AvgIpc) is 3.49. The van der Waals surface area contributed by atoms with Gasteiger partial charge in [0.2, 0.25) is 0 Å². The molecular weight excluding hydrogens is 528 g/mol. The molecule has 0 amide bonds. The van der Waals surface area contributed by atoms with Gasteiger partial charge in [-0.15, -0.1) is 0 Å². The molecular formula is C36H30O4S. The number of hydrogen-bond donors (Lipinski definition) is 0. The van der Waals surface area contributed by atoms with Crippen molar-refractivity contribution in [3.8, 4) is 0 Å². The number of aryl methyl sites for hydroxylation is 4. The summed E-state index contributed by atoms with van der Waals surface area (Å²) in [6.45, 7) is 8.07. The van der Waals surface area contributed by atoms with E-state index in [4.69, 9.17) is 4.74 Å². The van der Waals surface area contributed by atoms with Crippen LogP contribution in [0.3, 0.4) is 0 Å². The number of fused-ring (bicyclic) bond motifs is 5. The normalized spacial score (nSPS) is 28.2. The van der Waals surface area contributed by atoms with Gasteiger partial charge in [-0.05, 0) is 61.1 Å². The zero-order valence-corrected chi connectivity index (χ0v) is 24.3. The summed E-state index contributed by atoms with van der Waals surface area (Å²) >= 11 is 0. The summed E-state index contributed by atoms with van der Waals surface area (Å²) in [7, 11) is -1.75. The predicted molar refractivity (Wildman–Crippen MR) is 161 cm³/mol. The van der Waals surface area contributed by atoms with Gasteiger partial charge in [-0.3, -0.25) is 13.8 Å². The maximum absolute atomic E-state index is 15.7. The maximum atomic E-state index is 15.7. The van der Waals surface area contributed by atoms with Crippen molar-refractivity contribution in [2.24, 2.45) is 11.8 Å². The molecule has 0 aliphatic carbocycles. The molecule has 0 N–H and O–H groups in total. The first-order valence-electron chi connectivity index (χ1n) is 13.9. The standard InChI is InChI=1S/C36H30O4S/c1-21-5-13-25(14-6-21)29-30(26-15-7-22(2)8-16-26)36(28-19-11-24(4)12-20-28)32-31(33(37)40-34(32)38)35(29,41(36)39)27-17-9-23(3)10-18-27/h5-20,31-32H,1-4H3. The van der Waals surface area contributed by atoms with E-state index in [1.54, 1.807) is 0 Å². The third-order valence-corrected chi connectivity index (χ3v) is 11.7. The van der Waals surface area contributed by atoms with Gasteiger partial charge in [0.1, 0.15) is 9.49 Å². The number of esters is 2. The van der Waals surface area contributed by atoms with Gasteiger partial charge in [0.05, 0.1) is 22.6 Å². The summed E-state index contributed by atoms with van der Waals surface area (Å²) in [5.74, 6) is -3.05. The lowest BCUT2D eigenvalue weighted by Gasteiger charge is -2.37. The molecule has 2 fully saturated rings. The van der Waals surface area contributed by atoms with Gasteiger partial charge in [0.25, 0.3) is 0 Å². The Morgan fingerprint density at radius 3 is 1.12 bits per heavy atom. The van der Waals surface area contributed by atoms with Crippen molar-refractivity contribution in [2.45, 2.75) is 37.2 Å². The van der Waals surface area contributed by atoms with Crippen LogP contribution in [0.5, 0.6) is 0 Å². The summed E-state index contributed by atoms with van der Waals surface area (Å²) in [5, 5.41) is 0. The summed E-state index contributed by atoms with van der Waals surface area (Å²) in [5.41, 5.74) is 9.26. The molecule has 4 aromatic rings. The maximum Gasteiger partial charge on any atom is 0.319 e. The van der Waals surface area contributed by atoms with Gasteiger partial charge < -0.3 is 4.74 Å². The summed E-state index contributed by atoms with van der Waals surface area (Å²) in [6.07, 6.45) is 0. The molecule has 0 aromatic heterocycles. The third-order valence-electron chi connectivity index (χ3n) is 9.14. The molecule has 4 atom stereocenters. The number of hydrogen-bond acceptors (Lipinski definition) is 4. The summed E-state index contributed by atoms with van der Waals surface area (Å²) in [6, 6.07) is 32.2.